The first-order chi connectivity index (χ1) is 13.2. The Kier molecular flexibility index (Phi) is 6.63. The molecule has 1 aliphatic rings. The van der Waals surface area contributed by atoms with Crippen molar-refractivity contribution < 1.29 is 27.5 Å². The van der Waals surface area contributed by atoms with Crippen LogP contribution in [0.25, 0.3) is 0 Å². The van der Waals surface area contributed by atoms with Crippen LogP contribution in [0, 0.1) is 0 Å². The zero-order valence-electron chi connectivity index (χ0n) is 16.8. The molecule has 0 fully saturated rings. The molecule has 1 heterocycles. The van der Waals surface area contributed by atoms with E-state index in [2.05, 4.69) is 26.6 Å². The second-order valence-electron chi connectivity index (χ2n) is 7.85. The SMILES string of the molecule is C[C@H]1[C@H](NC(=O)OC(C)(C)C)C(=O)Nc2cc(Br)ccc2N1C(=O)CS(C)(=O)=O. The number of sulfone groups is 1. The Hall–Kier alpha value is -2.14. The van der Waals surface area contributed by atoms with Gasteiger partial charge in [-0.15, -0.1) is 0 Å². The molecule has 0 radical (unpaired) electrons. The molecular formula is C18H24BrN3O6S. The summed E-state index contributed by atoms with van der Waals surface area (Å²) in [7, 11) is -3.61. The number of rotatable bonds is 3. The number of alkyl carbamates (subject to hydrolysis) is 1. The van der Waals surface area contributed by atoms with Crippen LogP contribution in [0.15, 0.2) is 22.7 Å². The fourth-order valence-corrected chi connectivity index (χ4v) is 3.84. The molecule has 1 aromatic rings. The van der Waals surface area contributed by atoms with Crippen LogP contribution in [0.3, 0.4) is 0 Å². The van der Waals surface area contributed by atoms with Gasteiger partial charge in [0.25, 0.3) is 0 Å². The number of nitrogens with zero attached hydrogens (tertiary/aromatic N) is 1. The molecule has 2 rings (SSSR count). The molecule has 3 amide bonds. The molecule has 0 saturated heterocycles. The molecular weight excluding hydrogens is 466 g/mol. The van der Waals surface area contributed by atoms with E-state index < -0.39 is 51.2 Å². The molecule has 0 aliphatic carbocycles. The Morgan fingerprint density at radius 1 is 1.31 bits per heavy atom. The summed E-state index contributed by atoms with van der Waals surface area (Å²) in [5.41, 5.74) is -0.142. The summed E-state index contributed by atoms with van der Waals surface area (Å²) < 4.78 is 29.3. The van der Waals surface area contributed by atoms with Crippen molar-refractivity contribution >= 4 is 55.0 Å². The molecule has 29 heavy (non-hydrogen) atoms. The van der Waals surface area contributed by atoms with Gasteiger partial charge in [0.05, 0.1) is 17.4 Å². The zero-order valence-corrected chi connectivity index (χ0v) is 19.2. The van der Waals surface area contributed by atoms with Gasteiger partial charge in [0.2, 0.25) is 11.8 Å². The number of halogens is 1. The Morgan fingerprint density at radius 2 is 1.93 bits per heavy atom. The van der Waals surface area contributed by atoms with Crippen molar-refractivity contribution in [1.29, 1.82) is 0 Å². The molecule has 0 bridgehead atoms. The maximum Gasteiger partial charge on any atom is 0.408 e. The van der Waals surface area contributed by atoms with Crippen molar-refractivity contribution in [3.05, 3.63) is 22.7 Å². The summed E-state index contributed by atoms with van der Waals surface area (Å²) in [6, 6.07) is 2.81. The van der Waals surface area contributed by atoms with Crippen molar-refractivity contribution in [3.8, 4) is 0 Å². The van der Waals surface area contributed by atoms with E-state index in [1.54, 1.807) is 45.9 Å². The van der Waals surface area contributed by atoms with Gasteiger partial charge in [-0.05, 0) is 45.9 Å². The Labute approximate surface area is 178 Å². The van der Waals surface area contributed by atoms with E-state index in [9.17, 15) is 22.8 Å². The highest BCUT2D eigenvalue weighted by molar-refractivity contribution is 9.10. The highest BCUT2D eigenvalue weighted by Gasteiger charge is 2.39. The van der Waals surface area contributed by atoms with Crippen LogP contribution in [-0.2, 0) is 24.2 Å². The number of benzene rings is 1. The van der Waals surface area contributed by atoms with Crippen molar-refractivity contribution in [2.24, 2.45) is 0 Å². The van der Waals surface area contributed by atoms with Gasteiger partial charge >= 0.3 is 6.09 Å². The third-order valence-corrected chi connectivity index (χ3v) is 5.24. The second kappa shape index (κ2) is 8.31. The van der Waals surface area contributed by atoms with E-state index in [0.717, 1.165) is 6.26 Å². The highest BCUT2D eigenvalue weighted by atomic mass is 79.9. The number of fused-ring (bicyclic) bond motifs is 1. The second-order valence-corrected chi connectivity index (χ2v) is 10.9. The van der Waals surface area contributed by atoms with Crippen molar-refractivity contribution in [1.82, 2.24) is 5.32 Å². The number of amides is 3. The predicted molar refractivity (Wildman–Crippen MR) is 113 cm³/mol. The van der Waals surface area contributed by atoms with Gasteiger partial charge in [0.15, 0.2) is 9.84 Å². The van der Waals surface area contributed by atoms with Crippen LogP contribution in [0.2, 0.25) is 0 Å². The summed E-state index contributed by atoms with van der Waals surface area (Å²) in [4.78, 5) is 39.1. The van der Waals surface area contributed by atoms with E-state index in [1.165, 1.54) is 4.90 Å². The van der Waals surface area contributed by atoms with Crippen LogP contribution in [0.5, 0.6) is 0 Å². The minimum absolute atomic E-state index is 0.312. The lowest BCUT2D eigenvalue weighted by Crippen LogP contribution is -2.57. The first-order valence-corrected chi connectivity index (χ1v) is 11.6. The molecule has 0 unspecified atom stereocenters. The Bertz CT molecular complexity index is 941. The Balaban J connectivity index is 2.46. The predicted octanol–water partition coefficient (Wildman–Crippen LogP) is 2.06. The molecule has 9 nitrogen and oxygen atoms in total. The molecule has 2 atom stereocenters. The minimum atomic E-state index is -3.61. The molecule has 0 aromatic heterocycles. The minimum Gasteiger partial charge on any atom is -0.444 e. The van der Waals surface area contributed by atoms with Gasteiger partial charge in [0.1, 0.15) is 17.4 Å². The van der Waals surface area contributed by atoms with Gasteiger partial charge in [0, 0.05) is 10.7 Å². The summed E-state index contributed by atoms with van der Waals surface area (Å²) in [6.07, 6.45) is 0.127. The van der Waals surface area contributed by atoms with E-state index in [0.29, 0.717) is 15.8 Å². The first-order valence-electron chi connectivity index (χ1n) is 8.77. The molecule has 2 N–H and O–H groups in total. The van der Waals surface area contributed by atoms with Crippen molar-refractivity contribution in [2.75, 3.05) is 22.2 Å². The maximum atomic E-state index is 12.8. The highest BCUT2D eigenvalue weighted by Crippen LogP contribution is 2.34. The summed E-state index contributed by atoms with van der Waals surface area (Å²) in [5, 5.41) is 5.16. The van der Waals surface area contributed by atoms with Crippen LogP contribution < -0.4 is 15.5 Å². The zero-order chi connectivity index (χ0) is 22.1. The van der Waals surface area contributed by atoms with Gasteiger partial charge in [-0.25, -0.2) is 13.2 Å². The third-order valence-electron chi connectivity index (χ3n) is 3.97. The molecule has 0 saturated carbocycles. The topological polar surface area (TPSA) is 122 Å². The third kappa shape index (κ3) is 6.17. The standard InChI is InChI=1S/C18H24BrN3O6S/c1-10-15(21-17(25)28-18(2,3)4)16(24)20-12-8-11(19)6-7-13(12)22(10)14(23)9-29(5,26)27/h6-8,10,15H,9H2,1-5H3,(H,20,24)(H,21,25)/t10-,15-/m0/s1. The molecule has 1 aliphatic heterocycles. The van der Waals surface area contributed by atoms with Gasteiger partial charge in [-0.1, -0.05) is 15.9 Å². The number of ether oxygens (including phenoxy) is 1. The maximum absolute atomic E-state index is 12.8. The lowest BCUT2D eigenvalue weighted by molar-refractivity contribution is -0.119. The van der Waals surface area contributed by atoms with Crippen molar-refractivity contribution in [2.45, 2.75) is 45.4 Å². The van der Waals surface area contributed by atoms with Crippen molar-refractivity contribution in [3.63, 3.8) is 0 Å². The smallest absolute Gasteiger partial charge is 0.408 e. The number of hydrogen-bond donors (Lipinski definition) is 2. The number of anilines is 2. The average Bonchev–Trinajstić information content (AvgIpc) is 2.59. The van der Waals surface area contributed by atoms with Gasteiger partial charge < -0.3 is 20.3 Å². The van der Waals surface area contributed by atoms with Gasteiger partial charge in [-0.3, -0.25) is 9.59 Å². The van der Waals surface area contributed by atoms with E-state index in [-0.39, 0.29) is 0 Å². The summed E-state index contributed by atoms with van der Waals surface area (Å²) >= 11 is 3.30. The number of carbonyl (C=O) groups is 3. The van der Waals surface area contributed by atoms with Gasteiger partial charge in [-0.2, -0.15) is 0 Å². The van der Waals surface area contributed by atoms with Crippen LogP contribution in [0.1, 0.15) is 27.7 Å². The number of carbonyl (C=O) groups excluding carboxylic acids is 3. The van der Waals surface area contributed by atoms with Crippen LogP contribution >= 0.6 is 15.9 Å². The quantitative estimate of drug-likeness (QED) is 0.669. The first kappa shape index (κ1) is 23.1. The molecule has 0 spiro atoms. The normalized spacial score (nSPS) is 19.7. The lowest BCUT2D eigenvalue weighted by atomic mass is 10.1. The van der Waals surface area contributed by atoms with E-state index >= 15 is 0 Å². The fraction of sp³-hybridized carbons (Fsp3) is 0.500. The van der Waals surface area contributed by atoms with E-state index in [1.807, 2.05) is 0 Å². The fourth-order valence-electron chi connectivity index (χ4n) is 2.89. The molecule has 11 heteroatoms. The van der Waals surface area contributed by atoms with Crippen LogP contribution in [0.4, 0.5) is 16.2 Å². The lowest BCUT2D eigenvalue weighted by Gasteiger charge is -2.32. The average molecular weight is 490 g/mol. The number of nitrogens with one attached hydrogen (secondary N) is 2. The monoisotopic (exact) mass is 489 g/mol. The molecule has 1 aromatic carbocycles. The largest absolute Gasteiger partial charge is 0.444 e. The van der Waals surface area contributed by atoms with E-state index in [4.69, 9.17) is 4.74 Å². The summed E-state index contributed by atoms with van der Waals surface area (Å²) in [5.74, 6) is -2.01. The summed E-state index contributed by atoms with van der Waals surface area (Å²) in [6.45, 7) is 6.59. The Morgan fingerprint density at radius 3 is 2.48 bits per heavy atom. The molecule has 160 valence electrons. The number of hydrogen-bond acceptors (Lipinski definition) is 6. The van der Waals surface area contributed by atoms with Crippen LogP contribution in [-0.4, -0.2) is 56.0 Å².